The zero-order valence-electron chi connectivity index (χ0n) is 17.7. The summed E-state index contributed by atoms with van der Waals surface area (Å²) in [5, 5.41) is 0. The van der Waals surface area contributed by atoms with Crippen LogP contribution in [0.15, 0.2) is 12.2 Å². The first-order valence-corrected chi connectivity index (χ1v) is 11.8. The summed E-state index contributed by atoms with van der Waals surface area (Å²) < 4.78 is 19.5. The van der Waals surface area contributed by atoms with Crippen LogP contribution >= 0.6 is 0 Å². The number of fused-ring (bicyclic) bond motifs is 4. The third-order valence-corrected chi connectivity index (χ3v) is 10.7. The molecular weight excluding hydrogens is 366 g/mol. The molecule has 1 unspecified atom stereocenters. The van der Waals surface area contributed by atoms with Crippen molar-refractivity contribution in [2.45, 2.75) is 83.5 Å². The Balaban J connectivity index is 1.42. The molecule has 0 aromatic rings. The minimum Gasteiger partial charge on any atom is -0.457 e. The van der Waals surface area contributed by atoms with Crippen molar-refractivity contribution in [1.29, 1.82) is 0 Å². The van der Waals surface area contributed by atoms with Gasteiger partial charge in [-0.25, -0.2) is 4.90 Å². The second kappa shape index (κ2) is 5.28. The molecule has 5 heteroatoms. The smallest absolute Gasteiger partial charge is 0.303 e. The molecule has 7 bridgehead atoms. The lowest BCUT2D eigenvalue weighted by atomic mass is 9.32. The van der Waals surface area contributed by atoms with Gasteiger partial charge in [-0.15, -0.1) is 0 Å². The van der Waals surface area contributed by atoms with E-state index in [-0.39, 0.29) is 46.9 Å². The van der Waals surface area contributed by atoms with Gasteiger partial charge in [0.2, 0.25) is 0 Å². The van der Waals surface area contributed by atoms with Gasteiger partial charge in [0.1, 0.15) is 18.6 Å². The van der Waals surface area contributed by atoms with Crippen LogP contribution in [0.4, 0.5) is 0 Å². The zero-order chi connectivity index (χ0) is 19.8. The van der Waals surface area contributed by atoms with E-state index >= 15 is 0 Å². The molecule has 9 fully saturated rings. The fourth-order valence-corrected chi connectivity index (χ4v) is 10.0. The fourth-order valence-electron chi connectivity index (χ4n) is 10.0. The normalized spacial score (nSPS) is 59.4. The second-order valence-corrected chi connectivity index (χ2v) is 11.4. The van der Waals surface area contributed by atoms with Crippen molar-refractivity contribution in [2.75, 3.05) is 13.2 Å². The van der Waals surface area contributed by atoms with Crippen LogP contribution in [0.5, 0.6) is 0 Å². The van der Waals surface area contributed by atoms with Gasteiger partial charge in [0.05, 0.1) is 12.7 Å². The standard InChI is InChI=1S/C24H33NO4/c1-13-15-5-8-24(19(13)28-14(2)26)17(11-15)23-7-4-6-22(3)16(23)12-18(24)29-21(23)25-9-10-27-20(22)25/h15-21H,1,4-12H2,2-3H3/t15?,16-,17+,18-,19+,20+,21+,22-,23+,24-/m1/s1. The summed E-state index contributed by atoms with van der Waals surface area (Å²) in [4.78, 5) is 14.7. The second-order valence-electron chi connectivity index (χ2n) is 11.4. The van der Waals surface area contributed by atoms with Gasteiger partial charge in [0.15, 0.2) is 0 Å². The average Bonchev–Trinajstić information content (AvgIpc) is 3.19. The van der Waals surface area contributed by atoms with Gasteiger partial charge in [0.25, 0.3) is 0 Å². The maximum absolute atomic E-state index is 12.1. The van der Waals surface area contributed by atoms with E-state index in [9.17, 15) is 4.79 Å². The summed E-state index contributed by atoms with van der Waals surface area (Å²) in [7, 11) is 0. The van der Waals surface area contributed by atoms with Crippen LogP contribution in [0.1, 0.15) is 58.8 Å². The molecule has 4 aliphatic heterocycles. The lowest BCUT2D eigenvalue weighted by Crippen LogP contribution is -2.83. The number of hydrogen-bond donors (Lipinski definition) is 0. The molecule has 0 amide bonds. The molecule has 158 valence electrons. The highest BCUT2D eigenvalue weighted by atomic mass is 16.6. The zero-order valence-corrected chi connectivity index (χ0v) is 17.7. The number of piperidine rings is 1. The molecule has 5 saturated carbocycles. The molecule has 0 N–H and O–H groups in total. The highest BCUT2D eigenvalue weighted by Gasteiger charge is 2.81. The highest BCUT2D eigenvalue weighted by molar-refractivity contribution is 5.67. The van der Waals surface area contributed by atoms with E-state index < -0.39 is 0 Å². The minimum atomic E-state index is -0.169. The van der Waals surface area contributed by atoms with Gasteiger partial charge in [-0.3, -0.25) is 4.79 Å². The number of nitrogens with zero attached hydrogens (tertiary/aromatic N) is 1. The quantitative estimate of drug-likeness (QED) is 0.499. The van der Waals surface area contributed by atoms with E-state index in [1.165, 1.54) is 37.7 Å². The summed E-state index contributed by atoms with van der Waals surface area (Å²) >= 11 is 0. The van der Waals surface area contributed by atoms with Gasteiger partial charge >= 0.3 is 5.97 Å². The Hall–Kier alpha value is -0.910. The lowest BCUT2D eigenvalue weighted by molar-refractivity contribution is -0.422. The number of rotatable bonds is 1. The van der Waals surface area contributed by atoms with Gasteiger partial charge in [-0.1, -0.05) is 19.9 Å². The predicted octanol–water partition coefficient (Wildman–Crippen LogP) is 3.48. The Labute approximate surface area is 173 Å². The molecule has 0 aromatic carbocycles. The number of ether oxygens (including phenoxy) is 3. The van der Waals surface area contributed by atoms with E-state index in [1.54, 1.807) is 6.92 Å². The van der Waals surface area contributed by atoms with Crippen molar-refractivity contribution in [3.63, 3.8) is 0 Å². The average molecular weight is 400 g/mol. The van der Waals surface area contributed by atoms with Crippen molar-refractivity contribution < 1.29 is 19.0 Å². The molecule has 4 saturated heterocycles. The number of hydrogen-bond acceptors (Lipinski definition) is 5. The van der Waals surface area contributed by atoms with Crippen LogP contribution < -0.4 is 0 Å². The SMILES string of the molecule is C=C1C2CC[C@]3([C@@H](C2)[C@@]24CCC[C@@]5(C)[C@@H]6OCCN6[C@H]2O[C@@H]3C[C@H]54)[C@H]1OC(C)=O. The van der Waals surface area contributed by atoms with E-state index in [0.717, 1.165) is 26.0 Å². The predicted molar refractivity (Wildman–Crippen MR) is 106 cm³/mol. The van der Waals surface area contributed by atoms with E-state index in [0.29, 0.717) is 17.8 Å². The van der Waals surface area contributed by atoms with Crippen molar-refractivity contribution in [3.05, 3.63) is 12.2 Å². The summed E-state index contributed by atoms with van der Waals surface area (Å²) in [6.07, 6.45) is 8.86. The maximum Gasteiger partial charge on any atom is 0.303 e. The molecule has 2 spiro atoms. The van der Waals surface area contributed by atoms with E-state index in [4.69, 9.17) is 14.2 Å². The molecule has 0 aromatic heterocycles. The van der Waals surface area contributed by atoms with Crippen LogP contribution in [0, 0.1) is 34.0 Å². The Morgan fingerprint density at radius 1 is 1.17 bits per heavy atom. The first-order valence-electron chi connectivity index (χ1n) is 11.8. The number of carbonyl (C=O) groups is 1. The van der Waals surface area contributed by atoms with E-state index in [1.807, 2.05) is 0 Å². The van der Waals surface area contributed by atoms with E-state index in [2.05, 4.69) is 18.4 Å². The largest absolute Gasteiger partial charge is 0.457 e. The van der Waals surface area contributed by atoms with Crippen molar-refractivity contribution in [3.8, 4) is 0 Å². The number of carbonyl (C=O) groups excluding carboxylic acids is 1. The Morgan fingerprint density at radius 2 is 2.03 bits per heavy atom. The topological polar surface area (TPSA) is 48.0 Å². The van der Waals surface area contributed by atoms with Gasteiger partial charge < -0.3 is 14.2 Å². The number of esters is 1. The molecule has 5 nitrogen and oxygen atoms in total. The Morgan fingerprint density at radius 3 is 2.86 bits per heavy atom. The first kappa shape index (κ1) is 17.7. The molecule has 0 radical (unpaired) electrons. The molecule has 10 atom stereocenters. The van der Waals surface area contributed by atoms with Crippen LogP contribution in [0.2, 0.25) is 0 Å². The molecule has 9 rings (SSSR count). The molecule has 4 heterocycles. The van der Waals surface area contributed by atoms with Crippen molar-refractivity contribution in [1.82, 2.24) is 4.90 Å². The summed E-state index contributed by atoms with van der Waals surface area (Å²) in [5.74, 6) is 1.57. The molecule has 9 aliphatic rings. The monoisotopic (exact) mass is 399 g/mol. The summed E-state index contributed by atoms with van der Waals surface area (Å²) in [6.45, 7) is 10.3. The van der Waals surface area contributed by atoms with Crippen LogP contribution in [0.3, 0.4) is 0 Å². The fraction of sp³-hybridized carbons (Fsp3) is 0.875. The van der Waals surface area contributed by atoms with Crippen LogP contribution in [0.25, 0.3) is 0 Å². The minimum absolute atomic E-state index is 0.0594. The summed E-state index contributed by atoms with van der Waals surface area (Å²) in [6, 6.07) is 0. The molecule has 29 heavy (non-hydrogen) atoms. The molecular formula is C24H33NO4. The van der Waals surface area contributed by atoms with Crippen LogP contribution in [-0.4, -0.2) is 48.7 Å². The third kappa shape index (κ3) is 1.74. The van der Waals surface area contributed by atoms with Gasteiger partial charge in [-0.2, -0.15) is 0 Å². The highest BCUT2D eigenvalue weighted by Crippen LogP contribution is 2.79. The Kier molecular flexibility index (Phi) is 3.23. The maximum atomic E-state index is 12.1. The Bertz CT molecular complexity index is 813. The van der Waals surface area contributed by atoms with Crippen molar-refractivity contribution >= 4 is 5.97 Å². The third-order valence-electron chi connectivity index (χ3n) is 10.7. The van der Waals surface area contributed by atoms with Gasteiger partial charge in [0, 0.05) is 29.7 Å². The summed E-state index contributed by atoms with van der Waals surface area (Å²) in [5.41, 5.74) is 1.51. The lowest BCUT2D eigenvalue weighted by Gasteiger charge is -2.80. The van der Waals surface area contributed by atoms with Gasteiger partial charge in [-0.05, 0) is 61.9 Å². The van der Waals surface area contributed by atoms with Crippen molar-refractivity contribution in [2.24, 2.45) is 34.0 Å². The molecule has 5 aliphatic carbocycles. The first-order chi connectivity index (χ1) is 13.9. The van der Waals surface area contributed by atoms with Crippen LogP contribution in [-0.2, 0) is 19.0 Å².